The zero-order valence-corrected chi connectivity index (χ0v) is 16.0. The topological polar surface area (TPSA) is 73.2 Å². The fraction of sp³-hybridized carbons (Fsp3) is 0.227. The molecule has 0 fully saturated rings. The molecule has 1 aliphatic rings. The highest BCUT2D eigenvalue weighted by molar-refractivity contribution is 6.08. The lowest BCUT2D eigenvalue weighted by atomic mass is 9.85. The van der Waals surface area contributed by atoms with E-state index in [2.05, 4.69) is 10.4 Å². The van der Waals surface area contributed by atoms with E-state index >= 15 is 0 Å². The van der Waals surface area contributed by atoms with Gasteiger partial charge in [-0.05, 0) is 38.1 Å². The molecule has 0 aliphatic carbocycles. The highest BCUT2D eigenvalue weighted by atomic mass is 16.5. The smallest absolute Gasteiger partial charge is 0.226 e. The molecule has 1 aliphatic heterocycles. The third-order valence-electron chi connectivity index (χ3n) is 5.05. The van der Waals surface area contributed by atoms with E-state index in [0.29, 0.717) is 17.1 Å². The molecule has 4 rings (SSSR count). The number of methoxy groups -OCH3 is 1. The Labute approximate surface area is 163 Å². The van der Waals surface area contributed by atoms with Gasteiger partial charge in [0.2, 0.25) is 5.91 Å². The molecule has 1 amide bonds. The Bertz CT molecular complexity index is 1070. The quantitative estimate of drug-likeness (QED) is 0.704. The van der Waals surface area contributed by atoms with Gasteiger partial charge < -0.3 is 10.1 Å². The molecule has 28 heavy (non-hydrogen) atoms. The van der Waals surface area contributed by atoms with Crippen LogP contribution in [0.3, 0.4) is 0 Å². The molecule has 2 aromatic carbocycles. The van der Waals surface area contributed by atoms with Gasteiger partial charge in [-0.25, -0.2) is 4.68 Å². The molecule has 1 aromatic heterocycles. The molecule has 2 heterocycles. The SMILES string of the molecule is COc1cccc(C(=O)C2CC(=O)Nc3c2c(C)nn3-c2ccc(C)cc2)c1. The van der Waals surface area contributed by atoms with Gasteiger partial charge in [0.15, 0.2) is 5.78 Å². The van der Waals surface area contributed by atoms with Crippen molar-refractivity contribution in [2.75, 3.05) is 12.4 Å². The van der Waals surface area contributed by atoms with Crippen molar-refractivity contribution in [3.8, 4) is 11.4 Å². The van der Waals surface area contributed by atoms with Gasteiger partial charge in [-0.2, -0.15) is 5.10 Å². The summed E-state index contributed by atoms with van der Waals surface area (Å²) in [6.07, 6.45) is 0.101. The number of aromatic nitrogens is 2. The lowest BCUT2D eigenvalue weighted by Gasteiger charge is -2.23. The first-order valence-electron chi connectivity index (χ1n) is 9.12. The van der Waals surface area contributed by atoms with Crippen LogP contribution in [0.15, 0.2) is 48.5 Å². The van der Waals surface area contributed by atoms with Crippen molar-refractivity contribution in [2.45, 2.75) is 26.2 Å². The molecule has 1 atom stereocenters. The average Bonchev–Trinajstić information content (AvgIpc) is 3.03. The van der Waals surface area contributed by atoms with Crippen LogP contribution in [-0.2, 0) is 4.79 Å². The summed E-state index contributed by atoms with van der Waals surface area (Å²) in [5, 5.41) is 7.52. The van der Waals surface area contributed by atoms with E-state index in [1.54, 1.807) is 36.1 Å². The van der Waals surface area contributed by atoms with E-state index in [9.17, 15) is 9.59 Å². The maximum atomic E-state index is 13.2. The van der Waals surface area contributed by atoms with Gasteiger partial charge in [0, 0.05) is 17.5 Å². The minimum atomic E-state index is -0.574. The number of fused-ring (bicyclic) bond motifs is 1. The van der Waals surface area contributed by atoms with Crippen molar-refractivity contribution < 1.29 is 14.3 Å². The predicted molar refractivity (Wildman–Crippen MR) is 106 cm³/mol. The number of hydrogen-bond acceptors (Lipinski definition) is 4. The summed E-state index contributed by atoms with van der Waals surface area (Å²) >= 11 is 0. The number of nitrogens with zero attached hydrogens (tertiary/aromatic N) is 2. The summed E-state index contributed by atoms with van der Waals surface area (Å²) in [6.45, 7) is 3.88. The van der Waals surface area contributed by atoms with Crippen LogP contribution in [0.25, 0.3) is 5.69 Å². The number of ketones is 1. The van der Waals surface area contributed by atoms with Crippen molar-refractivity contribution >= 4 is 17.5 Å². The summed E-state index contributed by atoms with van der Waals surface area (Å²) in [6, 6.07) is 14.9. The van der Waals surface area contributed by atoms with Crippen molar-refractivity contribution in [1.29, 1.82) is 0 Å². The summed E-state index contributed by atoms with van der Waals surface area (Å²) < 4.78 is 6.93. The molecule has 142 valence electrons. The van der Waals surface area contributed by atoms with Crippen LogP contribution in [-0.4, -0.2) is 28.6 Å². The Hall–Kier alpha value is -3.41. The normalized spacial score (nSPS) is 15.7. The molecular weight excluding hydrogens is 354 g/mol. The molecule has 0 radical (unpaired) electrons. The predicted octanol–water partition coefficient (Wildman–Crippen LogP) is 3.81. The third kappa shape index (κ3) is 3.07. The van der Waals surface area contributed by atoms with Crippen LogP contribution in [0.4, 0.5) is 5.82 Å². The maximum absolute atomic E-state index is 13.2. The molecule has 6 nitrogen and oxygen atoms in total. The number of nitrogens with one attached hydrogen (secondary N) is 1. The number of carbonyl (C=O) groups excluding carboxylic acids is 2. The zero-order chi connectivity index (χ0) is 19.8. The Kier molecular flexibility index (Phi) is 4.47. The number of hydrogen-bond donors (Lipinski definition) is 1. The minimum Gasteiger partial charge on any atom is -0.497 e. The Morgan fingerprint density at radius 1 is 1.18 bits per heavy atom. The Morgan fingerprint density at radius 3 is 2.64 bits per heavy atom. The van der Waals surface area contributed by atoms with Gasteiger partial charge >= 0.3 is 0 Å². The van der Waals surface area contributed by atoms with E-state index in [4.69, 9.17) is 4.74 Å². The Balaban J connectivity index is 1.80. The number of amides is 1. The van der Waals surface area contributed by atoms with Gasteiger partial charge in [-0.3, -0.25) is 9.59 Å². The van der Waals surface area contributed by atoms with Gasteiger partial charge in [0.25, 0.3) is 0 Å². The lowest BCUT2D eigenvalue weighted by Crippen LogP contribution is -2.28. The zero-order valence-electron chi connectivity index (χ0n) is 16.0. The molecule has 0 saturated carbocycles. The number of rotatable bonds is 4. The first-order chi connectivity index (χ1) is 13.5. The third-order valence-corrected chi connectivity index (χ3v) is 5.05. The van der Waals surface area contributed by atoms with Crippen LogP contribution < -0.4 is 10.1 Å². The second-order valence-electron chi connectivity index (χ2n) is 7.00. The van der Waals surface area contributed by atoms with Crippen LogP contribution >= 0.6 is 0 Å². The molecule has 0 spiro atoms. The monoisotopic (exact) mass is 375 g/mol. The minimum absolute atomic E-state index is 0.101. The van der Waals surface area contributed by atoms with E-state index in [1.807, 2.05) is 38.1 Å². The second-order valence-corrected chi connectivity index (χ2v) is 7.00. The number of carbonyl (C=O) groups is 2. The van der Waals surface area contributed by atoms with Crippen LogP contribution in [0.1, 0.15) is 39.5 Å². The standard InChI is InChI=1S/C22H21N3O3/c1-13-7-9-16(10-8-13)25-22-20(14(2)24-25)18(12-19(26)23-22)21(27)15-5-4-6-17(11-15)28-3/h4-11,18H,12H2,1-3H3,(H,23,26). The average molecular weight is 375 g/mol. The first-order valence-corrected chi connectivity index (χ1v) is 9.12. The van der Waals surface area contributed by atoms with Crippen molar-refractivity contribution in [2.24, 2.45) is 0 Å². The van der Waals surface area contributed by atoms with Gasteiger partial charge in [0.05, 0.1) is 24.4 Å². The number of benzene rings is 2. The molecule has 0 saturated heterocycles. The molecule has 0 bridgehead atoms. The van der Waals surface area contributed by atoms with Crippen LogP contribution in [0.2, 0.25) is 0 Å². The number of aryl methyl sites for hydroxylation is 2. The van der Waals surface area contributed by atoms with Crippen molar-refractivity contribution in [3.63, 3.8) is 0 Å². The van der Waals surface area contributed by atoms with Gasteiger partial charge in [-0.15, -0.1) is 0 Å². The summed E-state index contributed by atoms with van der Waals surface area (Å²) in [5.74, 6) is 0.302. The molecular formula is C22H21N3O3. The van der Waals surface area contributed by atoms with Crippen LogP contribution in [0.5, 0.6) is 5.75 Å². The highest BCUT2D eigenvalue weighted by Crippen LogP contribution is 2.38. The summed E-state index contributed by atoms with van der Waals surface area (Å²) in [5.41, 5.74) is 4.00. The lowest BCUT2D eigenvalue weighted by molar-refractivity contribution is -0.116. The number of ether oxygens (including phenoxy) is 1. The van der Waals surface area contributed by atoms with Crippen molar-refractivity contribution in [1.82, 2.24) is 9.78 Å². The highest BCUT2D eigenvalue weighted by Gasteiger charge is 2.36. The van der Waals surface area contributed by atoms with E-state index in [1.165, 1.54) is 0 Å². The molecule has 1 unspecified atom stereocenters. The molecule has 6 heteroatoms. The molecule has 1 N–H and O–H groups in total. The second kappa shape index (κ2) is 6.96. The summed E-state index contributed by atoms with van der Waals surface area (Å²) in [4.78, 5) is 25.7. The van der Waals surface area contributed by atoms with Gasteiger partial charge in [-0.1, -0.05) is 29.8 Å². The largest absolute Gasteiger partial charge is 0.497 e. The van der Waals surface area contributed by atoms with Crippen molar-refractivity contribution in [3.05, 3.63) is 70.9 Å². The maximum Gasteiger partial charge on any atom is 0.226 e. The molecule has 3 aromatic rings. The first kappa shape index (κ1) is 18.0. The van der Waals surface area contributed by atoms with Gasteiger partial charge in [0.1, 0.15) is 11.6 Å². The summed E-state index contributed by atoms with van der Waals surface area (Å²) in [7, 11) is 1.56. The fourth-order valence-electron chi connectivity index (χ4n) is 3.62. The van der Waals surface area contributed by atoms with Crippen LogP contribution in [0, 0.1) is 13.8 Å². The fourth-order valence-corrected chi connectivity index (χ4v) is 3.62. The number of anilines is 1. The number of Topliss-reactive ketones (excluding diaryl/α,β-unsaturated/α-hetero) is 1. The Morgan fingerprint density at radius 2 is 1.93 bits per heavy atom. The van der Waals surface area contributed by atoms with E-state index in [0.717, 1.165) is 22.5 Å². The van der Waals surface area contributed by atoms with E-state index in [-0.39, 0.29) is 18.1 Å². The van der Waals surface area contributed by atoms with E-state index < -0.39 is 5.92 Å².